The average Bonchev–Trinajstić information content (AvgIpc) is 3.40. The quantitative estimate of drug-likeness (QED) is 0.683. The minimum absolute atomic E-state index is 0.307. The average molecular weight is 374 g/mol. The van der Waals surface area contributed by atoms with Crippen LogP contribution in [0.25, 0.3) is 10.9 Å². The van der Waals surface area contributed by atoms with E-state index in [1.54, 1.807) is 0 Å². The molecule has 2 aliphatic heterocycles. The van der Waals surface area contributed by atoms with Crippen molar-refractivity contribution in [2.24, 2.45) is 11.8 Å². The van der Waals surface area contributed by atoms with Gasteiger partial charge in [-0.1, -0.05) is 48.5 Å². The zero-order valence-corrected chi connectivity index (χ0v) is 16.2. The first-order chi connectivity index (χ1) is 13.8. The number of aryl methyl sites for hydroxylation is 1. The van der Waals surface area contributed by atoms with Crippen LogP contribution in [0.5, 0.6) is 0 Å². The Balaban J connectivity index is 1.14. The van der Waals surface area contributed by atoms with Crippen LogP contribution in [0.2, 0.25) is 0 Å². The van der Waals surface area contributed by atoms with Crippen molar-refractivity contribution in [3.63, 3.8) is 0 Å². The van der Waals surface area contributed by atoms with Crippen LogP contribution in [0.4, 0.5) is 0 Å². The number of benzene rings is 2. The molecule has 3 aromatic rings. The summed E-state index contributed by atoms with van der Waals surface area (Å²) in [6.07, 6.45) is 2.68. The Bertz CT molecular complexity index is 950. The normalized spacial score (nSPS) is 22.1. The number of nitrogens with zero attached hydrogens (tertiary/aromatic N) is 3. The number of hydrogen-bond acceptors (Lipinski definition) is 2. The van der Waals surface area contributed by atoms with Crippen LogP contribution in [0.3, 0.4) is 0 Å². The number of amides is 1. The van der Waals surface area contributed by atoms with Crippen molar-refractivity contribution in [2.45, 2.75) is 19.5 Å². The monoisotopic (exact) mass is 373 g/mol. The molecule has 3 heterocycles. The van der Waals surface area contributed by atoms with Crippen LogP contribution in [-0.4, -0.2) is 46.5 Å². The van der Waals surface area contributed by atoms with E-state index < -0.39 is 0 Å². The van der Waals surface area contributed by atoms with Gasteiger partial charge in [0.1, 0.15) is 0 Å². The van der Waals surface area contributed by atoms with Gasteiger partial charge in [0.2, 0.25) is 5.91 Å². The molecule has 0 radical (unpaired) electrons. The van der Waals surface area contributed by atoms with E-state index in [-0.39, 0.29) is 0 Å². The summed E-state index contributed by atoms with van der Waals surface area (Å²) in [6.45, 7) is 5.89. The van der Waals surface area contributed by atoms with Gasteiger partial charge in [-0.3, -0.25) is 9.69 Å². The molecular formula is C24H27N3O. The van der Waals surface area contributed by atoms with Crippen LogP contribution in [0, 0.1) is 11.8 Å². The van der Waals surface area contributed by atoms with Gasteiger partial charge in [0.15, 0.2) is 0 Å². The summed E-state index contributed by atoms with van der Waals surface area (Å²) in [5.41, 5.74) is 2.60. The highest BCUT2D eigenvalue weighted by Crippen LogP contribution is 2.32. The molecule has 2 unspecified atom stereocenters. The summed E-state index contributed by atoms with van der Waals surface area (Å²) in [5.74, 6) is 1.59. The van der Waals surface area contributed by atoms with E-state index in [9.17, 15) is 4.79 Å². The highest BCUT2D eigenvalue weighted by molar-refractivity contribution is 5.80. The second kappa shape index (κ2) is 7.44. The zero-order valence-electron chi connectivity index (χ0n) is 16.2. The maximum absolute atomic E-state index is 12.8. The van der Waals surface area contributed by atoms with Crippen molar-refractivity contribution in [3.8, 4) is 0 Å². The van der Waals surface area contributed by atoms with Gasteiger partial charge >= 0.3 is 0 Å². The van der Waals surface area contributed by atoms with E-state index in [1.165, 1.54) is 16.5 Å². The fraction of sp³-hybridized carbons (Fsp3) is 0.375. The lowest BCUT2D eigenvalue weighted by atomic mass is 10.0. The van der Waals surface area contributed by atoms with Crippen LogP contribution in [-0.2, 0) is 17.9 Å². The van der Waals surface area contributed by atoms with Gasteiger partial charge in [0.25, 0.3) is 0 Å². The molecule has 0 saturated carbocycles. The van der Waals surface area contributed by atoms with Gasteiger partial charge in [-0.15, -0.1) is 0 Å². The van der Waals surface area contributed by atoms with Gasteiger partial charge in [-0.05, 0) is 34.9 Å². The number of aromatic nitrogens is 1. The number of carbonyl (C=O) groups is 1. The molecule has 2 fully saturated rings. The summed E-state index contributed by atoms with van der Waals surface area (Å²) in [6, 6.07) is 21.2. The first-order valence-electron chi connectivity index (χ1n) is 10.3. The Kier molecular flexibility index (Phi) is 4.65. The van der Waals surface area contributed by atoms with Crippen molar-refractivity contribution >= 4 is 16.8 Å². The first kappa shape index (κ1) is 17.5. The van der Waals surface area contributed by atoms with Gasteiger partial charge in [-0.2, -0.15) is 0 Å². The predicted molar refractivity (Wildman–Crippen MR) is 112 cm³/mol. The molecule has 1 aromatic heterocycles. The summed E-state index contributed by atoms with van der Waals surface area (Å²) >= 11 is 0. The number of likely N-dealkylation sites (tertiary alicyclic amines) is 2. The molecule has 0 N–H and O–H groups in total. The zero-order chi connectivity index (χ0) is 18.9. The number of para-hydroxylation sites is 1. The second-order valence-corrected chi connectivity index (χ2v) is 8.32. The minimum Gasteiger partial charge on any atom is -0.347 e. The predicted octanol–water partition coefficient (Wildman–Crippen LogP) is 3.62. The van der Waals surface area contributed by atoms with E-state index in [0.29, 0.717) is 24.2 Å². The Morgan fingerprint density at radius 2 is 1.57 bits per heavy atom. The molecule has 144 valence electrons. The molecule has 5 rings (SSSR count). The standard InChI is InChI=1S/C24H27N3O/c28-24(11-13-26-12-10-20-8-4-5-9-23(20)26)27-17-21-15-25(16-22(21)18-27)14-19-6-2-1-3-7-19/h1-10,12,21-22H,11,13-18H2. The Hall–Kier alpha value is -2.59. The maximum Gasteiger partial charge on any atom is 0.224 e. The highest BCUT2D eigenvalue weighted by atomic mass is 16.2. The molecule has 2 aliphatic rings. The molecule has 2 atom stereocenters. The number of hydrogen-bond donors (Lipinski definition) is 0. The number of fused-ring (bicyclic) bond motifs is 2. The second-order valence-electron chi connectivity index (χ2n) is 8.32. The first-order valence-corrected chi connectivity index (χ1v) is 10.3. The fourth-order valence-corrected chi connectivity index (χ4v) is 4.97. The highest BCUT2D eigenvalue weighted by Gasteiger charge is 2.41. The van der Waals surface area contributed by atoms with Crippen LogP contribution in [0.1, 0.15) is 12.0 Å². The van der Waals surface area contributed by atoms with Crippen LogP contribution >= 0.6 is 0 Å². The Morgan fingerprint density at radius 1 is 0.857 bits per heavy atom. The van der Waals surface area contributed by atoms with Crippen LogP contribution in [0.15, 0.2) is 66.9 Å². The Labute approximate surface area is 166 Å². The molecule has 28 heavy (non-hydrogen) atoms. The van der Waals surface area contributed by atoms with Gasteiger partial charge in [0.05, 0.1) is 0 Å². The SMILES string of the molecule is O=C(CCn1ccc2ccccc21)N1CC2CN(Cc3ccccc3)CC2C1. The summed E-state index contributed by atoms with van der Waals surface area (Å²) in [5, 5.41) is 1.24. The Morgan fingerprint density at radius 3 is 2.36 bits per heavy atom. The number of rotatable bonds is 5. The van der Waals surface area contributed by atoms with E-state index in [2.05, 4.69) is 81.2 Å². The molecule has 0 spiro atoms. The van der Waals surface area contributed by atoms with Gasteiger partial charge in [0, 0.05) is 57.4 Å². The molecule has 2 saturated heterocycles. The topological polar surface area (TPSA) is 28.5 Å². The molecule has 0 bridgehead atoms. The maximum atomic E-state index is 12.8. The van der Waals surface area contributed by atoms with E-state index in [4.69, 9.17) is 0 Å². The lowest BCUT2D eigenvalue weighted by Crippen LogP contribution is -2.33. The van der Waals surface area contributed by atoms with E-state index in [0.717, 1.165) is 39.3 Å². The molecular weight excluding hydrogens is 346 g/mol. The molecule has 0 aliphatic carbocycles. The summed E-state index contributed by atoms with van der Waals surface area (Å²) in [7, 11) is 0. The smallest absolute Gasteiger partial charge is 0.224 e. The van der Waals surface area contributed by atoms with Gasteiger partial charge in [-0.25, -0.2) is 0 Å². The summed E-state index contributed by atoms with van der Waals surface area (Å²) in [4.78, 5) is 17.4. The largest absolute Gasteiger partial charge is 0.347 e. The van der Waals surface area contributed by atoms with E-state index in [1.807, 2.05) is 0 Å². The molecule has 4 heteroatoms. The van der Waals surface area contributed by atoms with Crippen molar-refractivity contribution < 1.29 is 4.79 Å². The van der Waals surface area contributed by atoms with Crippen molar-refractivity contribution in [2.75, 3.05) is 26.2 Å². The fourth-order valence-electron chi connectivity index (χ4n) is 4.97. The molecule has 1 amide bonds. The third-order valence-electron chi connectivity index (χ3n) is 6.41. The van der Waals surface area contributed by atoms with Crippen molar-refractivity contribution in [1.29, 1.82) is 0 Å². The third kappa shape index (κ3) is 3.45. The minimum atomic E-state index is 0.307. The lowest BCUT2D eigenvalue weighted by molar-refractivity contribution is -0.130. The third-order valence-corrected chi connectivity index (χ3v) is 6.41. The van der Waals surface area contributed by atoms with Gasteiger partial charge < -0.3 is 9.47 Å². The molecule has 2 aromatic carbocycles. The van der Waals surface area contributed by atoms with Crippen molar-refractivity contribution in [3.05, 3.63) is 72.4 Å². The van der Waals surface area contributed by atoms with Crippen molar-refractivity contribution in [1.82, 2.24) is 14.4 Å². The van der Waals surface area contributed by atoms with E-state index >= 15 is 0 Å². The lowest BCUT2D eigenvalue weighted by Gasteiger charge is -2.22. The number of carbonyl (C=O) groups excluding carboxylic acids is 1. The molecule has 4 nitrogen and oxygen atoms in total. The summed E-state index contributed by atoms with van der Waals surface area (Å²) < 4.78 is 2.20. The van der Waals surface area contributed by atoms with Crippen LogP contribution < -0.4 is 0 Å².